The lowest BCUT2D eigenvalue weighted by atomic mass is 10.2. The fourth-order valence-electron chi connectivity index (χ4n) is 3.17. The zero-order chi connectivity index (χ0) is 21.3. The fourth-order valence-corrected chi connectivity index (χ4v) is 4.97. The summed E-state index contributed by atoms with van der Waals surface area (Å²) in [7, 11) is -2.51. The number of nitrogens with one attached hydrogen (secondary N) is 2. The maximum atomic E-state index is 13.6. The minimum absolute atomic E-state index is 0.0342. The van der Waals surface area contributed by atoms with E-state index in [1.54, 1.807) is 18.2 Å². The highest BCUT2D eigenvalue weighted by molar-refractivity contribution is 7.92. The monoisotopic (exact) mass is 443 g/mol. The van der Waals surface area contributed by atoms with Crippen molar-refractivity contribution < 1.29 is 13.2 Å². The molecule has 7 nitrogen and oxygen atoms in total. The van der Waals surface area contributed by atoms with Gasteiger partial charge in [-0.15, -0.1) is 0 Å². The molecule has 154 valence electrons. The highest BCUT2D eigenvalue weighted by atomic mass is 35.5. The molecule has 0 aliphatic carbocycles. The largest absolute Gasteiger partial charge is 0.495 e. The van der Waals surface area contributed by atoms with Gasteiger partial charge in [0.1, 0.15) is 5.75 Å². The maximum absolute atomic E-state index is 13.6. The summed E-state index contributed by atoms with van der Waals surface area (Å²) in [5, 5.41) is 0.198. The van der Waals surface area contributed by atoms with Gasteiger partial charge in [0.25, 0.3) is 10.0 Å². The molecule has 0 radical (unpaired) electrons. The average Bonchev–Trinajstić information content (AvgIpc) is 3.11. The molecule has 0 aliphatic heterocycles. The number of ether oxygens (including phenoxy) is 1. The highest BCUT2D eigenvalue weighted by Crippen LogP contribution is 2.32. The Hall–Kier alpha value is -3.23. The normalized spacial score (nSPS) is 11.5. The van der Waals surface area contributed by atoms with Gasteiger partial charge in [-0.1, -0.05) is 41.9 Å². The fraction of sp³-hybridized carbons (Fsp3) is 0.0952. The van der Waals surface area contributed by atoms with Crippen LogP contribution < -0.4 is 14.7 Å². The number of halogens is 1. The third kappa shape index (κ3) is 3.79. The van der Waals surface area contributed by atoms with Crippen LogP contribution in [0.5, 0.6) is 5.75 Å². The van der Waals surface area contributed by atoms with Crippen molar-refractivity contribution in [3.05, 3.63) is 87.8 Å². The van der Waals surface area contributed by atoms with Crippen molar-refractivity contribution >= 4 is 38.3 Å². The van der Waals surface area contributed by atoms with E-state index in [0.29, 0.717) is 22.5 Å². The molecule has 0 atom stereocenters. The van der Waals surface area contributed by atoms with Gasteiger partial charge >= 0.3 is 5.69 Å². The Kier molecular flexibility index (Phi) is 5.27. The number of aromatic nitrogens is 2. The Morgan fingerprint density at radius 3 is 2.40 bits per heavy atom. The summed E-state index contributed by atoms with van der Waals surface area (Å²) in [5.74, 6) is 0.386. The van der Waals surface area contributed by atoms with Gasteiger partial charge in [-0.3, -0.25) is 4.31 Å². The Balaban J connectivity index is 1.85. The molecule has 0 aliphatic rings. The van der Waals surface area contributed by atoms with Gasteiger partial charge in [0.2, 0.25) is 0 Å². The smallest absolute Gasteiger partial charge is 0.323 e. The standard InChI is InChI=1S/C21H18ClN3O4S/c1-29-20-10-8-16(12-17(20)22)30(27,28)25(13-14-5-3-2-4-6-14)15-7-9-18-19(11-15)24-21(26)23-18/h2-12H,13H2,1H3,(H2,23,24,26). The number of hydrogen-bond donors (Lipinski definition) is 2. The molecule has 0 saturated heterocycles. The van der Waals surface area contributed by atoms with E-state index in [1.807, 2.05) is 30.3 Å². The van der Waals surface area contributed by atoms with E-state index in [-0.39, 0.29) is 22.2 Å². The third-order valence-electron chi connectivity index (χ3n) is 4.67. The number of benzene rings is 3. The van der Waals surface area contributed by atoms with E-state index < -0.39 is 10.0 Å². The zero-order valence-corrected chi connectivity index (χ0v) is 17.5. The van der Waals surface area contributed by atoms with E-state index in [0.717, 1.165) is 5.56 Å². The number of H-pyrrole nitrogens is 2. The third-order valence-corrected chi connectivity index (χ3v) is 6.73. The van der Waals surface area contributed by atoms with Gasteiger partial charge in [-0.2, -0.15) is 0 Å². The molecule has 0 spiro atoms. The van der Waals surface area contributed by atoms with E-state index in [4.69, 9.17) is 16.3 Å². The van der Waals surface area contributed by atoms with E-state index >= 15 is 0 Å². The number of imidazole rings is 1. The van der Waals surface area contributed by atoms with Crippen molar-refractivity contribution in [3.8, 4) is 5.75 Å². The second-order valence-electron chi connectivity index (χ2n) is 6.60. The van der Waals surface area contributed by atoms with E-state index in [1.165, 1.54) is 29.6 Å². The molecule has 3 aromatic carbocycles. The first-order valence-electron chi connectivity index (χ1n) is 9.01. The Morgan fingerprint density at radius 1 is 0.967 bits per heavy atom. The van der Waals surface area contributed by atoms with Gasteiger partial charge in [0, 0.05) is 0 Å². The van der Waals surface area contributed by atoms with Crippen LogP contribution in [0.25, 0.3) is 11.0 Å². The average molecular weight is 444 g/mol. The van der Waals surface area contributed by atoms with Crippen LogP contribution in [0.15, 0.2) is 76.4 Å². The molecule has 2 N–H and O–H groups in total. The van der Waals surface area contributed by atoms with Crippen molar-refractivity contribution in [2.75, 3.05) is 11.4 Å². The lowest BCUT2D eigenvalue weighted by Crippen LogP contribution is -2.30. The highest BCUT2D eigenvalue weighted by Gasteiger charge is 2.26. The number of hydrogen-bond acceptors (Lipinski definition) is 4. The van der Waals surface area contributed by atoms with Crippen molar-refractivity contribution in [2.24, 2.45) is 0 Å². The first-order valence-corrected chi connectivity index (χ1v) is 10.8. The number of rotatable bonds is 6. The molecule has 9 heteroatoms. The van der Waals surface area contributed by atoms with Crippen LogP contribution in [0, 0.1) is 0 Å². The van der Waals surface area contributed by atoms with Crippen molar-refractivity contribution in [1.29, 1.82) is 0 Å². The molecule has 0 saturated carbocycles. The summed E-state index contributed by atoms with van der Waals surface area (Å²) in [6.45, 7) is 0.104. The predicted molar refractivity (Wildman–Crippen MR) is 117 cm³/mol. The predicted octanol–water partition coefficient (Wildman–Crippen LogP) is 3.91. The summed E-state index contributed by atoms with van der Waals surface area (Å²) in [4.78, 5) is 17.0. The van der Waals surface area contributed by atoms with Crippen LogP contribution >= 0.6 is 11.6 Å². The van der Waals surface area contributed by atoms with Crippen molar-refractivity contribution in [2.45, 2.75) is 11.4 Å². The molecular formula is C21H18ClN3O4S. The Labute approximate surface area is 177 Å². The molecule has 0 unspecified atom stereocenters. The number of anilines is 1. The van der Waals surface area contributed by atoms with Crippen molar-refractivity contribution in [1.82, 2.24) is 9.97 Å². The Bertz CT molecular complexity index is 1360. The summed E-state index contributed by atoms with van der Waals surface area (Å²) in [5.41, 5.74) is 1.96. The van der Waals surface area contributed by atoms with Crippen LogP contribution in [-0.4, -0.2) is 25.5 Å². The van der Waals surface area contributed by atoms with Crippen LogP contribution in [0.3, 0.4) is 0 Å². The first-order chi connectivity index (χ1) is 14.4. The molecule has 1 heterocycles. The lowest BCUT2D eigenvalue weighted by molar-refractivity contribution is 0.414. The quantitative estimate of drug-likeness (QED) is 0.472. The van der Waals surface area contributed by atoms with Gasteiger partial charge in [-0.25, -0.2) is 13.2 Å². The van der Waals surface area contributed by atoms with E-state index in [9.17, 15) is 13.2 Å². The number of aromatic amines is 2. The van der Waals surface area contributed by atoms with Crippen LogP contribution in [-0.2, 0) is 16.6 Å². The second kappa shape index (κ2) is 7.89. The molecular weight excluding hydrogens is 426 g/mol. The molecule has 4 aromatic rings. The summed E-state index contributed by atoms with van der Waals surface area (Å²) in [6.07, 6.45) is 0. The van der Waals surface area contributed by atoms with Gasteiger partial charge in [0.05, 0.1) is 40.3 Å². The topological polar surface area (TPSA) is 95.3 Å². The SMILES string of the molecule is COc1ccc(S(=O)(=O)N(Cc2ccccc2)c2ccc3[nH]c(=O)[nH]c3c2)cc1Cl. The minimum atomic E-state index is -3.97. The molecule has 1 aromatic heterocycles. The molecule has 30 heavy (non-hydrogen) atoms. The molecule has 0 fully saturated rings. The Morgan fingerprint density at radius 2 is 1.70 bits per heavy atom. The van der Waals surface area contributed by atoms with Gasteiger partial charge in [-0.05, 0) is 42.0 Å². The molecule has 0 amide bonds. The number of fused-ring (bicyclic) bond motifs is 1. The summed E-state index contributed by atoms with van der Waals surface area (Å²) < 4.78 is 33.6. The summed E-state index contributed by atoms with van der Waals surface area (Å²) >= 11 is 6.18. The first kappa shape index (κ1) is 20.1. The number of nitrogens with zero attached hydrogens (tertiary/aromatic N) is 1. The van der Waals surface area contributed by atoms with Crippen LogP contribution in [0.4, 0.5) is 5.69 Å². The molecule has 0 bridgehead atoms. The van der Waals surface area contributed by atoms with Gasteiger partial charge in [0.15, 0.2) is 0 Å². The van der Waals surface area contributed by atoms with E-state index in [2.05, 4.69) is 9.97 Å². The van der Waals surface area contributed by atoms with Crippen molar-refractivity contribution in [3.63, 3.8) is 0 Å². The molecule has 4 rings (SSSR count). The lowest BCUT2D eigenvalue weighted by Gasteiger charge is -2.25. The van der Waals surface area contributed by atoms with Gasteiger partial charge < -0.3 is 14.7 Å². The van der Waals surface area contributed by atoms with Crippen LogP contribution in [0.2, 0.25) is 5.02 Å². The minimum Gasteiger partial charge on any atom is -0.495 e. The number of methoxy groups -OCH3 is 1. The second-order valence-corrected chi connectivity index (χ2v) is 8.87. The maximum Gasteiger partial charge on any atom is 0.323 e. The zero-order valence-electron chi connectivity index (χ0n) is 15.9. The van der Waals surface area contributed by atoms with Crippen LogP contribution in [0.1, 0.15) is 5.56 Å². The number of sulfonamides is 1. The summed E-state index contributed by atoms with van der Waals surface area (Å²) in [6, 6.07) is 18.5.